The molecule has 2 nitrogen and oxygen atoms in total. The van der Waals surface area contributed by atoms with Gasteiger partial charge in [0, 0.05) is 40.5 Å². The molecule has 3 heterocycles. The van der Waals surface area contributed by atoms with Crippen molar-refractivity contribution in [2.75, 3.05) is 0 Å². The number of aryl methyl sites for hydroxylation is 2. The summed E-state index contributed by atoms with van der Waals surface area (Å²) < 4.78 is 63.3. The molecule has 0 fully saturated rings. The van der Waals surface area contributed by atoms with Gasteiger partial charge in [0.15, 0.2) is 0 Å². The smallest absolute Gasteiger partial charge is 0.130 e. The number of rotatable bonds is 4. The number of hydrogen-bond donors (Lipinski definition) is 0. The van der Waals surface area contributed by atoms with E-state index in [-0.39, 0.29) is 31.5 Å². The molecule has 0 unspecified atom stereocenters. The van der Waals surface area contributed by atoms with E-state index in [1.807, 2.05) is 54.7 Å². The maximum absolute atomic E-state index is 14.5. The van der Waals surface area contributed by atoms with Crippen LogP contribution in [0, 0.1) is 31.7 Å². The van der Waals surface area contributed by atoms with Crippen molar-refractivity contribution in [2.24, 2.45) is 0 Å². The van der Waals surface area contributed by atoms with Crippen LogP contribution in [-0.2, 0) is 20.1 Å². The summed E-state index contributed by atoms with van der Waals surface area (Å²) in [7, 11) is 0. The zero-order chi connectivity index (χ0) is 35.8. The molecule has 4 aromatic carbocycles. The van der Waals surface area contributed by atoms with Crippen LogP contribution in [0.2, 0.25) is 17.3 Å². The van der Waals surface area contributed by atoms with Gasteiger partial charge in [0.05, 0.1) is 0 Å². The number of pyridine rings is 2. The minimum absolute atomic E-state index is 0. The Morgan fingerprint density at radius 1 is 0.822 bits per heavy atom. The second-order valence-electron chi connectivity index (χ2n) is 11.5. The molecule has 0 saturated heterocycles. The minimum Gasteiger partial charge on any atom is -0.304 e. The molecule has 0 atom stereocenters. The van der Waals surface area contributed by atoms with Crippen LogP contribution >= 0.6 is 11.3 Å². The number of fused-ring (bicyclic) bond motifs is 3. The molecule has 0 N–H and O–H groups in total. The molecule has 6 heteroatoms. The van der Waals surface area contributed by atoms with Crippen LogP contribution in [0.5, 0.6) is 0 Å². The molecule has 0 spiro atoms. The third-order valence-corrected chi connectivity index (χ3v) is 12.8. The van der Waals surface area contributed by atoms with E-state index in [2.05, 4.69) is 45.4 Å². The first-order chi connectivity index (χ1) is 23.6. The van der Waals surface area contributed by atoms with Crippen molar-refractivity contribution < 1.29 is 32.7 Å². The number of halogens is 1. The van der Waals surface area contributed by atoms with Crippen molar-refractivity contribution in [3.63, 3.8) is 0 Å². The third-order valence-electron chi connectivity index (χ3n) is 7.37. The van der Waals surface area contributed by atoms with Crippen LogP contribution in [0.15, 0.2) is 109 Å². The molecular weight excluding hydrogens is 812 g/mol. The molecule has 0 aliphatic carbocycles. The Morgan fingerprint density at radius 3 is 2.33 bits per heavy atom. The van der Waals surface area contributed by atoms with Gasteiger partial charge in [-0.05, 0) is 46.1 Å². The second kappa shape index (κ2) is 13.9. The first kappa shape index (κ1) is 25.7. The summed E-state index contributed by atoms with van der Waals surface area (Å²) in [6, 6.07) is 35.2. The summed E-state index contributed by atoms with van der Waals surface area (Å²) >= 11 is -0.345. The van der Waals surface area contributed by atoms with Crippen molar-refractivity contribution in [3.05, 3.63) is 139 Å². The number of aromatic nitrogens is 2. The number of benzene rings is 4. The summed E-state index contributed by atoms with van der Waals surface area (Å²) in [5, 5.41) is 1.40. The maximum atomic E-state index is 14.5. The molecule has 1 radical (unpaired) electrons. The fraction of sp³-hybridized carbons (Fsp3) is 0.128. The maximum Gasteiger partial charge on any atom is 0.130 e. The van der Waals surface area contributed by atoms with Crippen molar-refractivity contribution >= 4 is 49.2 Å². The summed E-state index contributed by atoms with van der Waals surface area (Å²) in [5.41, 5.74) is 4.93. The van der Waals surface area contributed by atoms with Crippen LogP contribution in [0.25, 0.3) is 53.8 Å². The summed E-state index contributed by atoms with van der Waals surface area (Å²) in [6.45, 7) is -4.36. The van der Waals surface area contributed by atoms with Gasteiger partial charge in [-0.25, -0.2) is 4.39 Å². The van der Waals surface area contributed by atoms with Gasteiger partial charge < -0.3 is 4.98 Å². The predicted octanol–water partition coefficient (Wildman–Crippen LogP) is 10.4. The third kappa shape index (κ3) is 7.18. The first-order valence-electron chi connectivity index (χ1n) is 17.2. The normalized spacial score (nSPS) is 13.7. The van der Waals surface area contributed by atoms with Gasteiger partial charge in [-0.2, -0.15) is 11.3 Å². The Bertz CT molecular complexity index is 2230. The fourth-order valence-corrected chi connectivity index (χ4v) is 8.36. The van der Waals surface area contributed by atoms with Crippen molar-refractivity contribution in [1.82, 2.24) is 9.97 Å². The molecule has 7 rings (SSSR count). The number of nitrogens with zero attached hydrogens (tertiary/aromatic N) is 2. The average Bonchev–Trinajstić information content (AvgIpc) is 3.48. The van der Waals surface area contributed by atoms with Gasteiger partial charge in [0.2, 0.25) is 0 Å². The standard InChI is InChI=1S/C24H15FNS.C15H18GeN.Ir/c1-15-14-26-21(13-19(15)16-7-3-2-4-8-16)17-9-5-10-18-23-20(25)11-6-12-22(23)27-24(17)18;1-12-5-7-13(8-6-12)15-10-9-14(11-17-15)16(2,3)4;/h2-8,10-14H,1H3;5-7,9-11H,1-4H3;/q2*-1;/i2*1D3;. The zero-order valence-electron chi connectivity index (χ0n) is 30.9. The number of hydrogen-bond acceptors (Lipinski definition) is 3. The quantitative estimate of drug-likeness (QED) is 0.130. The average molecular weight is 852 g/mol. The van der Waals surface area contributed by atoms with Crippen LogP contribution in [0.3, 0.4) is 0 Å². The van der Waals surface area contributed by atoms with E-state index < -0.39 is 27.0 Å². The molecule has 0 saturated carbocycles. The molecule has 45 heavy (non-hydrogen) atoms. The molecule has 0 aliphatic heterocycles. The van der Waals surface area contributed by atoms with E-state index in [0.717, 1.165) is 37.2 Å². The topological polar surface area (TPSA) is 25.8 Å². The van der Waals surface area contributed by atoms with E-state index in [1.165, 1.54) is 34.1 Å². The van der Waals surface area contributed by atoms with Crippen molar-refractivity contribution in [2.45, 2.75) is 31.0 Å². The fourth-order valence-electron chi connectivity index (χ4n) is 4.97. The van der Waals surface area contributed by atoms with Crippen LogP contribution < -0.4 is 4.40 Å². The van der Waals surface area contributed by atoms with E-state index >= 15 is 0 Å². The summed E-state index contributed by atoms with van der Waals surface area (Å²) in [5.74, 6) is 6.72. The van der Waals surface area contributed by atoms with Gasteiger partial charge in [0.1, 0.15) is 5.82 Å². The molecule has 7 aromatic rings. The monoisotopic (exact) mass is 853 g/mol. The van der Waals surface area contributed by atoms with Gasteiger partial charge in [-0.15, -0.1) is 23.8 Å². The van der Waals surface area contributed by atoms with Crippen LogP contribution in [-0.4, -0.2) is 23.2 Å². The molecule has 0 bridgehead atoms. The molecule has 227 valence electrons. The van der Waals surface area contributed by atoms with E-state index in [9.17, 15) is 4.39 Å². The SMILES string of the molecule is [2H]C([2H])([2H])c1c[c-]c(-c2cc[c]([Ge]([CH3])([CH3])[CH3])cn2)cc1.[2H]C([2H])([2H])c1cnc(-c2[c-]ccc3c2sc2cccc(F)c23)cc1-c1ccccc1.[Ir]. The summed E-state index contributed by atoms with van der Waals surface area (Å²) in [6.07, 6.45) is 3.37. The number of thiophene rings is 1. The Balaban J connectivity index is 0.000000211. The van der Waals surface area contributed by atoms with Crippen LogP contribution in [0.1, 0.15) is 19.4 Å². The van der Waals surface area contributed by atoms with Crippen LogP contribution in [0.4, 0.5) is 4.39 Å². The Hall–Kier alpha value is -3.48. The van der Waals surface area contributed by atoms with E-state index in [0.29, 0.717) is 22.2 Å². The van der Waals surface area contributed by atoms with Gasteiger partial charge in [0.25, 0.3) is 0 Å². The first-order valence-corrected chi connectivity index (χ1v) is 22.3. The van der Waals surface area contributed by atoms with Crippen molar-refractivity contribution in [3.8, 4) is 33.6 Å². The van der Waals surface area contributed by atoms with E-state index in [4.69, 9.17) is 8.22 Å². The van der Waals surface area contributed by atoms with Crippen molar-refractivity contribution in [1.29, 1.82) is 0 Å². The largest absolute Gasteiger partial charge is 0.304 e. The Labute approximate surface area is 293 Å². The molecule has 3 aromatic heterocycles. The Morgan fingerprint density at radius 2 is 1.64 bits per heavy atom. The molecule has 0 amide bonds. The van der Waals surface area contributed by atoms with Gasteiger partial charge >= 0.3 is 110 Å². The predicted molar refractivity (Wildman–Crippen MR) is 188 cm³/mol. The minimum atomic E-state index is -2.28. The molecular formula is C39H33FGeIrN2S-2. The van der Waals surface area contributed by atoms with Gasteiger partial charge in [-0.1, -0.05) is 47.9 Å². The Kier molecular flexibility index (Phi) is 7.92. The second-order valence-corrected chi connectivity index (χ2v) is 23.2. The van der Waals surface area contributed by atoms with E-state index in [1.54, 1.807) is 30.3 Å². The zero-order valence-corrected chi connectivity index (χ0v) is 30.2. The van der Waals surface area contributed by atoms with Gasteiger partial charge in [-0.3, -0.25) is 0 Å². The summed E-state index contributed by atoms with van der Waals surface area (Å²) in [4.78, 5) is 8.95. The molecule has 0 aliphatic rings.